The van der Waals surface area contributed by atoms with Crippen LogP contribution >= 0.6 is 0 Å². The summed E-state index contributed by atoms with van der Waals surface area (Å²) in [5, 5.41) is 10.4. The van der Waals surface area contributed by atoms with Gasteiger partial charge in [0.1, 0.15) is 0 Å². The van der Waals surface area contributed by atoms with Crippen molar-refractivity contribution in [1.29, 1.82) is 0 Å². The number of hydrogen-bond acceptors (Lipinski definition) is 3. The lowest BCUT2D eigenvalue weighted by Crippen LogP contribution is -2.34. The van der Waals surface area contributed by atoms with E-state index in [0.717, 1.165) is 18.7 Å². The summed E-state index contributed by atoms with van der Waals surface area (Å²) in [6.07, 6.45) is 3.21. The van der Waals surface area contributed by atoms with E-state index >= 15 is 0 Å². The molecule has 0 radical (unpaired) electrons. The zero-order valence-electron chi connectivity index (χ0n) is 10.9. The van der Waals surface area contributed by atoms with Gasteiger partial charge in [-0.1, -0.05) is 6.92 Å². The highest BCUT2D eigenvalue weighted by Gasteiger charge is 2.07. The summed E-state index contributed by atoms with van der Waals surface area (Å²) in [6.45, 7) is 5.59. The summed E-state index contributed by atoms with van der Waals surface area (Å²) in [4.78, 5) is 11.5. The predicted octanol–water partition coefficient (Wildman–Crippen LogP) is 0.467. The maximum Gasteiger partial charge on any atom is 0.221 e. The van der Waals surface area contributed by atoms with Crippen LogP contribution in [0, 0.1) is 0 Å². The number of nitrogens with zero attached hydrogens (tertiary/aromatic N) is 2. The fraction of sp³-hybridized carbons (Fsp3) is 0.667. The molecule has 0 saturated heterocycles. The van der Waals surface area contributed by atoms with Crippen molar-refractivity contribution >= 4 is 5.91 Å². The van der Waals surface area contributed by atoms with E-state index < -0.39 is 0 Å². The minimum Gasteiger partial charge on any atom is -0.356 e. The fourth-order valence-electron chi connectivity index (χ4n) is 1.70. The molecule has 1 aromatic rings. The normalized spacial score (nSPS) is 12.4. The molecule has 96 valence electrons. The van der Waals surface area contributed by atoms with E-state index in [1.54, 1.807) is 4.68 Å². The minimum absolute atomic E-state index is 0.0920. The standard InChI is InChI=1S/C12H22N4O/c1-4-13-10(2)9-12(17)14-7-5-11-6-8-16(3)15-11/h6,8,10,13H,4-5,7,9H2,1-3H3,(H,14,17). The summed E-state index contributed by atoms with van der Waals surface area (Å²) in [5.41, 5.74) is 1.01. The predicted molar refractivity (Wildman–Crippen MR) is 67.7 cm³/mol. The zero-order chi connectivity index (χ0) is 12.7. The summed E-state index contributed by atoms with van der Waals surface area (Å²) >= 11 is 0. The van der Waals surface area contributed by atoms with E-state index in [0.29, 0.717) is 13.0 Å². The van der Waals surface area contributed by atoms with E-state index in [4.69, 9.17) is 0 Å². The number of aryl methyl sites for hydroxylation is 1. The van der Waals surface area contributed by atoms with Gasteiger partial charge in [-0.25, -0.2) is 0 Å². The molecule has 5 heteroatoms. The Kier molecular flexibility index (Phi) is 5.69. The maximum atomic E-state index is 11.5. The van der Waals surface area contributed by atoms with E-state index in [-0.39, 0.29) is 11.9 Å². The molecule has 0 spiro atoms. The molecule has 0 aliphatic rings. The molecule has 5 nitrogen and oxygen atoms in total. The first-order valence-electron chi connectivity index (χ1n) is 6.10. The summed E-state index contributed by atoms with van der Waals surface area (Å²) < 4.78 is 1.77. The Labute approximate surface area is 103 Å². The molecule has 17 heavy (non-hydrogen) atoms. The third kappa shape index (κ3) is 5.49. The van der Waals surface area contributed by atoms with Crippen molar-refractivity contribution in [2.24, 2.45) is 7.05 Å². The van der Waals surface area contributed by atoms with Crippen molar-refractivity contribution in [1.82, 2.24) is 20.4 Å². The van der Waals surface area contributed by atoms with Gasteiger partial charge in [0.15, 0.2) is 0 Å². The highest BCUT2D eigenvalue weighted by Crippen LogP contribution is 1.95. The van der Waals surface area contributed by atoms with Gasteiger partial charge in [0.2, 0.25) is 5.91 Å². The van der Waals surface area contributed by atoms with E-state index in [9.17, 15) is 4.79 Å². The smallest absolute Gasteiger partial charge is 0.221 e. The van der Waals surface area contributed by atoms with Crippen molar-refractivity contribution in [3.8, 4) is 0 Å². The molecule has 1 unspecified atom stereocenters. The molecule has 2 N–H and O–H groups in total. The summed E-state index contributed by atoms with van der Waals surface area (Å²) in [5.74, 6) is 0.0920. The van der Waals surface area contributed by atoms with E-state index in [1.165, 1.54) is 0 Å². The maximum absolute atomic E-state index is 11.5. The molecular formula is C12H22N4O. The van der Waals surface area contributed by atoms with Gasteiger partial charge in [0.05, 0.1) is 5.69 Å². The van der Waals surface area contributed by atoms with Gasteiger partial charge in [-0.15, -0.1) is 0 Å². The molecule has 1 heterocycles. The van der Waals surface area contributed by atoms with Gasteiger partial charge >= 0.3 is 0 Å². The van der Waals surface area contributed by atoms with E-state index in [1.807, 2.05) is 33.2 Å². The Morgan fingerprint density at radius 3 is 2.94 bits per heavy atom. The number of carbonyl (C=O) groups is 1. The van der Waals surface area contributed by atoms with Crippen LogP contribution < -0.4 is 10.6 Å². The number of rotatable bonds is 7. The molecule has 1 aromatic heterocycles. The van der Waals surface area contributed by atoms with Crippen LogP contribution in [0.15, 0.2) is 12.3 Å². The average molecular weight is 238 g/mol. The second-order valence-corrected chi connectivity index (χ2v) is 4.24. The molecule has 0 fully saturated rings. The van der Waals surface area contributed by atoms with Crippen LogP contribution in [0.1, 0.15) is 26.0 Å². The van der Waals surface area contributed by atoms with Crippen LogP contribution in [0.4, 0.5) is 0 Å². The zero-order valence-corrected chi connectivity index (χ0v) is 10.9. The number of carbonyl (C=O) groups excluding carboxylic acids is 1. The highest BCUT2D eigenvalue weighted by molar-refractivity contribution is 5.76. The van der Waals surface area contributed by atoms with Crippen molar-refractivity contribution in [2.45, 2.75) is 32.7 Å². The Morgan fingerprint density at radius 2 is 2.35 bits per heavy atom. The number of nitrogens with one attached hydrogen (secondary N) is 2. The van der Waals surface area contributed by atoms with Crippen molar-refractivity contribution in [3.05, 3.63) is 18.0 Å². The monoisotopic (exact) mass is 238 g/mol. The molecule has 0 aromatic carbocycles. The first-order chi connectivity index (χ1) is 8.11. The first kappa shape index (κ1) is 13.7. The molecule has 1 rings (SSSR count). The Morgan fingerprint density at radius 1 is 1.59 bits per heavy atom. The van der Waals surface area contributed by atoms with Gasteiger partial charge in [0.25, 0.3) is 0 Å². The first-order valence-corrected chi connectivity index (χ1v) is 6.10. The second kappa shape index (κ2) is 7.06. The van der Waals surface area contributed by atoms with Crippen molar-refractivity contribution in [2.75, 3.05) is 13.1 Å². The van der Waals surface area contributed by atoms with Crippen LogP contribution in [-0.4, -0.2) is 34.8 Å². The Bertz CT molecular complexity index is 348. The lowest BCUT2D eigenvalue weighted by Gasteiger charge is -2.11. The van der Waals surface area contributed by atoms with Gasteiger partial charge in [0, 0.05) is 38.7 Å². The average Bonchev–Trinajstić information content (AvgIpc) is 2.64. The second-order valence-electron chi connectivity index (χ2n) is 4.24. The topological polar surface area (TPSA) is 59.0 Å². The summed E-state index contributed by atoms with van der Waals surface area (Å²) in [7, 11) is 1.89. The van der Waals surface area contributed by atoms with Crippen LogP contribution in [0.25, 0.3) is 0 Å². The van der Waals surface area contributed by atoms with E-state index in [2.05, 4.69) is 15.7 Å². The lowest BCUT2D eigenvalue weighted by atomic mass is 10.2. The Balaban J connectivity index is 2.16. The van der Waals surface area contributed by atoms with Crippen LogP contribution in [0.2, 0.25) is 0 Å². The summed E-state index contributed by atoms with van der Waals surface area (Å²) in [6, 6.07) is 2.20. The molecule has 0 aliphatic carbocycles. The molecule has 1 atom stereocenters. The van der Waals surface area contributed by atoms with Crippen LogP contribution in [0.3, 0.4) is 0 Å². The highest BCUT2D eigenvalue weighted by atomic mass is 16.1. The third-order valence-corrected chi connectivity index (χ3v) is 2.52. The SMILES string of the molecule is CCNC(C)CC(=O)NCCc1ccn(C)n1. The number of aromatic nitrogens is 2. The third-order valence-electron chi connectivity index (χ3n) is 2.52. The van der Waals surface area contributed by atoms with Crippen molar-refractivity contribution < 1.29 is 4.79 Å². The molecular weight excluding hydrogens is 216 g/mol. The van der Waals surface area contributed by atoms with Gasteiger partial charge < -0.3 is 10.6 Å². The van der Waals surface area contributed by atoms with Crippen LogP contribution in [-0.2, 0) is 18.3 Å². The fourth-order valence-corrected chi connectivity index (χ4v) is 1.70. The van der Waals surface area contributed by atoms with Gasteiger partial charge in [-0.2, -0.15) is 5.10 Å². The largest absolute Gasteiger partial charge is 0.356 e. The van der Waals surface area contributed by atoms with Gasteiger partial charge in [-0.3, -0.25) is 9.48 Å². The van der Waals surface area contributed by atoms with Crippen molar-refractivity contribution in [3.63, 3.8) is 0 Å². The molecule has 0 saturated carbocycles. The van der Waals surface area contributed by atoms with Crippen LogP contribution in [0.5, 0.6) is 0 Å². The molecule has 1 amide bonds. The van der Waals surface area contributed by atoms with Gasteiger partial charge in [-0.05, 0) is 19.5 Å². The lowest BCUT2D eigenvalue weighted by molar-refractivity contribution is -0.121. The Hall–Kier alpha value is -1.36. The molecule has 0 aliphatic heterocycles. The molecule has 0 bridgehead atoms. The number of amides is 1. The minimum atomic E-state index is 0.0920. The quantitative estimate of drug-likeness (QED) is 0.726. The number of hydrogen-bond donors (Lipinski definition) is 2.